The largest absolute Gasteiger partial charge is 0.393 e. The molecule has 4 heteroatoms. The molecular weight excluding hydrogens is 274 g/mol. The summed E-state index contributed by atoms with van der Waals surface area (Å²) in [6, 6.07) is 0. The molecule has 0 bridgehead atoms. The van der Waals surface area contributed by atoms with Crippen LogP contribution in [0.1, 0.15) is 70.3 Å². The molecule has 1 aliphatic carbocycles. The van der Waals surface area contributed by atoms with E-state index in [0.29, 0.717) is 0 Å². The second kappa shape index (κ2) is 6.32. The average Bonchev–Trinajstić information content (AvgIpc) is 2.70. The minimum Gasteiger partial charge on any atom is -0.393 e. The van der Waals surface area contributed by atoms with Crippen LogP contribution in [0.2, 0.25) is 0 Å². The Morgan fingerprint density at radius 1 is 1.32 bits per heavy atom. The molecule has 1 aromatic rings. The SMILES string of the molecule is Cc1nn(C(C)(C)C)c(C)c1CNCC1(C)CCCCC1O. The minimum atomic E-state index is -0.173. The van der Waals surface area contributed by atoms with Gasteiger partial charge in [-0.2, -0.15) is 5.10 Å². The van der Waals surface area contributed by atoms with Crippen LogP contribution in [0.15, 0.2) is 0 Å². The molecule has 2 rings (SSSR count). The van der Waals surface area contributed by atoms with Crippen molar-refractivity contribution in [3.8, 4) is 0 Å². The van der Waals surface area contributed by atoms with Crippen LogP contribution in [0.3, 0.4) is 0 Å². The molecule has 1 saturated carbocycles. The smallest absolute Gasteiger partial charge is 0.0641 e. The lowest BCUT2D eigenvalue weighted by Gasteiger charge is -2.38. The van der Waals surface area contributed by atoms with Crippen molar-refractivity contribution >= 4 is 0 Å². The molecule has 0 saturated heterocycles. The van der Waals surface area contributed by atoms with Gasteiger partial charge in [0, 0.05) is 29.8 Å². The summed E-state index contributed by atoms with van der Waals surface area (Å²) in [5.74, 6) is 0. The van der Waals surface area contributed by atoms with Gasteiger partial charge in [0.2, 0.25) is 0 Å². The summed E-state index contributed by atoms with van der Waals surface area (Å²) in [7, 11) is 0. The fraction of sp³-hybridized carbons (Fsp3) is 0.833. The van der Waals surface area contributed by atoms with Gasteiger partial charge in [-0.25, -0.2) is 0 Å². The van der Waals surface area contributed by atoms with Crippen LogP contribution in [-0.2, 0) is 12.1 Å². The number of aliphatic hydroxyl groups excluding tert-OH is 1. The molecule has 1 aliphatic rings. The maximum absolute atomic E-state index is 10.3. The van der Waals surface area contributed by atoms with E-state index < -0.39 is 0 Å². The van der Waals surface area contributed by atoms with Crippen LogP contribution in [-0.4, -0.2) is 27.5 Å². The fourth-order valence-electron chi connectivity index (χ4n) is 3.64. The Kier molecular flexibility index (Phi) is 5.03. The lowest BCUT2D eigenvalue weighted by molar-refractivity contribution is 0.00114. The number of nitrogens with zero attached hydrogens (tertiary/aromatic N) is 2. The highest BCUT2D eigenvalue weighted by atomic mass is 16.3. The fourth-order valence-corrected chi connectivity index (χ4v) is 3.64. The summed E-state index contributed by atoms with van der Waals surface area (Å²) in [5, 5.41) is 18.6. The van der Waals surface area contributed by atoms with Gasteiger partial charge in [0.1, 0.15) is 0 Å². The zero-order chi connectivity index (χ0) is 16.5. The van der Waals surface area contributed by atoms with Gasteiger partial charge in [-0.05, 0) is 47.5 Å². The summed E-state index contributed by atoms with van der Waals surface area (Å²) in [5.41, 5.74) is 3.67. The Morgan fingerprint density at radius 2 is 2.00 bits per heavy atom. The van der Waals surface area contributed by atoms with Crippen LogP contribution < -0.4 is 5.32 Å². The highest BCUT2D eigenvalue weighted by Gasteiger charge is 2.35. The van der Waals surface area contributed by atoms with Crippen molar-refractivity contribution < 1.29 is 5.11 Å². The van der Waals surface area contributed by atoms with Gasteiger partial charge in [0.25, 0.3) is 0 Å². The summed E-state index contributed by atoms with van der Waals surface area (Å²) >= 11 is 0. The zero-order valence-corrected chi connectivity index (χ0v) is 15.2. The van der Waals surface area contributed by atoms with E-state index in [4.69, 9.17) is 5.10 Å². The van der Waals surface area contributed by atoms with E-state index in [1.165, 1.54) is 17.7 Å². The molecule has 22 heavy (non-hydrogen) atoms. The predicted octanol–water partition coefficient (Wildman–Crippen LogP) is 3.29. The summed E-state index contributed by atoms with van der Waals surface area (Å²) in [6.45, 7) is 14.7. The van der Waals surface area contributed by atoms with Crippen molar-refractivity contribution in [2.75, 3.05) is 6.54 Å². The van der Waals surface area contributed by atoms with Crippen LogP contribution in [0.4, 0.5) is 0 Å². The Labute approximate surface area is 135 Å². The van der Waals surface area contributed by atoms with Gasteiger partial charge >= 0.3 is 0 Å². The second-order valence-electron chi connectivity index (χ2n) is 8.25. The average molecular weight is 307 g/mol. The van der Waals surface area contributed by atoms with E-state index in [1.54, 1.807) is 0 Å². The van der Waals surface area contributed by atoms with Crippen LogP contribution in [0, 0.1) is 19.3 Å². The first-order chi connectivity index (χ1) is 10.1. The lowest BCUT2D eigenvalue weighted by Crippen LogP contribution is -2.43. The molecule has 0 aliphatic heterocycles. The first-order valence-corrected chi connectivity index (χ1v) is 8.59. The molecular formula is C18H33N3O. The van der Waals surface area contributed by atoms with Crippen molar-refractivity contribution in [3.63, 3.8) is 0 Å². The molecule has 1 aromatic heterocycles. The molecule has 0 aromatic carbocycles. The first kappa shape index (κ1) is 17.5. The molecule has 0 amide bonds. The Morgan fingerprint density at radius 3 is 2.55 bits per heavy atom. The number of aryl methyl sites for hydroxylation is 1. The van der Waals surface area contributed by atoms with Gasteiger partial charge < -0.3 is 10.4 Å². The summed E-state index contributed by atoms with van der Waals surface area (Å²) < 4.78 is 2.12. The van der Waals surface area contributed by atoms with Crippen molar-refractivity contribution in [2.24, 2.45) is 5.41 Å². The molecule has 1 heterocycles. The number of aromatic nitrogens is 2. The van der Waals surface area contributed by atoms with Crippen molar-refractivity contribution in [3.05, 3.63) is 17.0 Å². The molecule has 2 N–H and O–H groups in total. The monoisotopic (exact) mass is 307 g/mol. The predicted molar refractivity (Wildman–Crippen MR) is 91.0 cm³/mol. The van der Waals surface area contributed by atoms with Crippen molar-refractivity contribution in [2.45, 2.75) is 85.4 Å². The molecule has 2 unspecified atom stereocenters. The highest BCUT2D eigenvalue weighted by Crippen LogP contribution is 2.35. The molecule has 1 fully saturated rings. The van der Waals surface area contributed by atoms with Crippen molar-refractivity contribution in [1.29, 1.82) is 0 Å². The first-order valence-electron chi connectivity index (χ1n) is 8.59. The standard InChI is InChI=1S/C18H33N3O/c1-13-15(14(2)21(20-13)17(3,4)5)11-19-12-18(6)10-8-7-9-16(18)22/h16,19,22H,7-12H2,1-6H3. The maximum atomic E-state index is 10.3. The van der Waals surface area contributed by atoms with Crippen molar-refractivity contribution in [1.82, 2.24) is 15.1 Å². The highest BCUT2D eigenvalue weighted by molar-refractivity contribution is 5.25. The molecule has 4 nitrogen and oxygen atoms in total. The lowest BCUT2D eigenvalue weighted by atomic mass is 9.73. The number of rotatable bonds is 4. The van der Waals surface area contributed by atoms with Gasteiger partial charge in [0.15, 0.2) is 0 Å². The quantitative estimate of drug-likeness (QED) is 0.897. The van der Waals surface area contributed by atoms with Crippen LogP contribution >= 0.6 is 0 Å². The van der Waals surface area contributed by atoms with Gasteiger partial charge in [0.05, 0.1) is 17.3 Å². The van der Waals surface area contributed by atoms with Gasteiger partial charge in [-0.15, -0.1) is 0 Å². The summed E-state index contributed by atoms with van der Waals surface area (Å²) in [4.78, 5) is 0. The Balaban J connectivity index is 2.02. The summed E-state index contributed by atoms with van der Waals surface area (Å²) in [6.07, 6.45) is 4.27. The van der Waals surface area contributed by atoms with E-state index in [-0.39, 0.29) is 17.1 Å². The molecule has 2 atom stereocenters. The van der Waals surface area contributed by atoms with E-state index in [0.717, 1.165) is 38.0 Å². The van der Waals surface area contributed by atoms with Gasteiger partial charge in [-0.1, -0.05) is 19.8 Å². The Hall–Kier alpha value is -0.870. The Bertz CT molecular complexity index is 515. The third-order valence-electron chi connectivity index (χ3n) is 5.19. The maximum Gasteiger partial charge on any atom is 0.0641 e. The van der Waals surface area contributed by atoms with Crippen LogP contribution in [0.5, 0.6) is 0 Å². The topological polar surface area (TPSA) is 50.1 Å². The van der Waals surface area contributed by atoms with E-state index >= 15 is 0 Å². The zero-order valence-electron chi connectivity index (χ0n) is 15.2. The number of nitrogens with one attached hydrogen (secondary N) is 1. The number of hydrogen-bond acceptors (Lipinski definition) is 3. The van der Waals surface area contributed by atoms with E-state index in [9.17, 15) is 5.11 Å². The van der Waals surface area contributed by atoms with E-state index in [1.807, 2.05) is 0 Å². The van der Waals surface area contributed by atoms with Gasteiger partial charge in [-0.3, -0.25) is 4.68 Å². The van der Waals surface area contributed by atoms with Crippen LogP contribution in [0.25, 0.3) is 0 Å². The second-order valence-corrected chi connectivity index (χ2v) is 8.25. The molecule has 0 radical (unpaired) electrons. The number of aliphatic hydroxyl groups is 1. The molecule has 0 spiro atoms. The molecule has 126 valence electrons. The van der Waals surface area contributed by atoms with E-state index in [2.05, 4.69) is 51.5 Å². The third kappa shape index (κ3) is 3.54. The third-order valence-corrected chi connectivity index (χ3v) is 5.19. The normalized spacial score (nSPS) is 26.4. The minimum absolute atomic E-state index is 0.0125. The number of hydrogen-bond donors (Lipinski definition) is 2.